The van der Waals surface area contributed by atoms with E-state index in [9.17, 15) is 9.18 Å². The predicted octanol–water partition coefficient (Wildman–Crippen LogP) is 3.56. The van der Waals surface area contributed by atoms with Crippen molar-refractivity contribution >= 4 is 17.7 Å². The Morgan fingerprint density at radius 2 is 2.00 bits per heavy atom. The summed E-state index contributed by atoms with van der Waals surface area (Å²) in [7, 11) is 1.87. The Bertz CT molecular complexity index is 667. The normalized spacial score (nSPS) is 10.8. The Labute approximate surface area is 123 Å². The minimum Gasteiger partial charge on any atom is -0.478 e. The van der Waals surface area contributed by atoms with Crippen LogP contribution in [0.5, 0.6) is 0 Å². The summed E-state index contributed by atoms with van der Waals surface area (Å²) in [5.41, 5.74) is 2.58. The molecule has 0 aromatic heterocycles. The van der Waals surface area contributed by atoms with E-state index in [-0.39, 0.29) is 5.82 Å². The second kappa shape index (κ2) is 6.70. The maximum Gasteiger partial charge on any atom is 0.328 e. The molecule has 1 N–H and O–H groups in total. The third kappa shape index (κ3) is 4.18. The van der Waals surface area contributed by atoms with Gasteiger partial charge in [0, 0.05) is 25.4 Å². The lowest BCUT2D eigenvalue weighted by Gasteiger charge is -2.20. The van der Waals surface area contributed by atoms with Crippen molar-refractivity contribution in [1.82, 2.24) is 0 Å². The largest absolute Gasteiger partial charge is 0.478 e. The van der Waals surface area contributed by atoms with E-state index in [1.807, 2.05) is 42.3 Å². The average molecular weight is 285 g/mol. The first-order chi connectivity index (χ1) is 10.1. The molecule has 2 aromatic rings. The van der Waals surface area contributed by atoms with Crippen molar-refractivity contribution in [3.8, 4) is 0 Å². The number of anilines is 1. The molecular weight excluding hydrogens is 269 g/mol. The van der Waals surface area contributed by atoms with Gasteiger partial charge >= 0.3 is 5.97 Å². The van der Waals surface area contributed by atoms with Gasteiger partial charge in [-0.15, -0.1) is 0 Å². The molecule has 0 aliphatic carbocycles. The quantitative estimate of drug-likeness (QED) is 0.854. The summed E-state index contributed by atoms with van der Waals surface area (Å²) in [6.07, 6.45) is 2.68. The highest BCUT2D eigenvalue weighted by Gasteiger charge is 2.06. The molecule has 0 radical (unpaired) electrons. The van der Waals surface area contributed by atoms with Crippen LogP contribution in [-0.4, -0.2) is 18.1 Å². The lowest BCUT2D eigenvalue weighted by Crippen LogP contribution is -2.17. The van der Waals surface area contributed by atoms with Crippen molar-refractivity contribution in [3.63, 3.8) is 0 Å². The zero-order valence-corrected chi connectivity index (χ0v) is 11.7. The zero-order chi connectivity index (χ0) is 15.2. The number of nitrogens with zero attached hydrogens (tertiary/aromatic N) is 1. The third-order valence-corrected chi connectivity index (χ3v) is 3.12. The van der Waals surface area contributed by atoms with Gasteiger partial charge in [0.05, 0.1) is 0 Å². The van der Waals surface area contributed by atoms with E-state index in [1.54, 1.807) is 12.1 Å². The summed E-state index contributed by atoms with van der Waals surface area (Å²) in [5, 5.41) is 8.72. The Balaban J connectivity index is 2.21. The van der Waals surface area contributed by atoms with Crippen LogP contribution >= 0.6 is 0 Å². The summed E-state index contributed by atoms with van der Waals surface area (Å²) < 4.78 is 13.3. The van der Waals surface area contributed by atoms with Crippen LogP contribution < -0.4 is 4.90 Å². The molecule has 2 aromatic carbocycles. The Morgan fingerprint density at radius 3 is 2.71 bits per heavy atom. The van der Waals surface area contributed by atoms with E-state index in [1.165, 1.54) is 12.1 Å². The third-order valence-electron chi connectivity index (χ3n) is 3.12. The second-order valence-corrected chi connectivity index (χ2v) is 4.71. The number of carbonyl (C=O) groups is 1. The van der Waals surface area contributed by atoms with Gasteiger partial charge in [0.2, 0.25) is 0 Å². The molecule has 0 saturated carbocycles. The molecule has 2 rings (SSSR count). The van der Waals surface area contributed by atoms with Gasteiger partial charge in [-0.2, -0.15) is 0 Å². The monoisotopic (exact) mass is 285 g/mol. The summed E-state index contributed by atoms with van der Waals surface area (Å²) >= 11 is 0. The summed E-state index contributed by atoms with van der Waals surface area (Å²) in [5.74, 6) is -1.26. The molecule has 0 aliphatic heterocycles. The van der Waals surface area contributed by atoms with E-state index in [2.05, 4.69) is 0 Å². The van der Waals surface area contributed by atoms with Gasteiger partial charge in [0.15, 0.2) is 0 Å². The number of aliphatic carboxylic acids is 1. The fourth-order valence-electron chi connectivity index (χ4n) is 2.06. The molecule has 0 saturated heterocycles. The van der Waals surface area contributed by atoms with Gasteiger partial charge < -0.3 is 10.0 Å². The van der Waals surface area contributed by atoms with Gasteiger partial charge in [-0.3, -0.25) is 0 Å². The number of benzene rings is 2. The van der Waals surface area contributed by atoms with Gasteiger partial charge in [0.1, 0.15) is 5.82 Å². The standard InChI is InChI=1S/C17H16FNO2/c1-19(16-8-4-7-15(18)11-16)12-14-6-3-2-5-13(14)9-10-17(20)21/h2-11H,12H2,1H3,(H,20,21). The highest BCUT2D eigenvalue weighted by Crippen LogP contribution is 2.19. The lowest BCUT2D eigenvalue weighted by molar-refractivity contribution is -0.131. The first kappa shape index (κ1) is 14.8. The van der Waals surface area contributed by atoms with Crippen LogP contribution in [0, 0.1) is 5.82 Å². The molecule has 0 bridgehead atoms. The fraction of sp³-hybridized carbons (Fsp3) is 0.118. The van der Waals surface area contributed by atoms with Crippen molar-refractivity contribution in [2.75, 3.05) is 11.9 Å². The summed E-state index contributed by atoms with van der Waals surface area (Å²) in [6, 6.07) is 13.9. The smallest absolute Gasteiger partial charge is 0.328 e. The molecule has 0 amide bonds. The molecular formula is C17H16FNO2. The van der Waals surface area contributed by atoms with E-state index < -0.39 is 5.97 Å². The van der Waals surface area contributed by atoms with Crippen molar-refractivity contribution in [1.29, 1.82) is 0 Å². The van der Waals surface area contributed by atoms with Crippen LogP contribution in [0.2, 0.25) is 0 Å². The van der Waals surface area contributed by atoms with Crippen LogP contribution in [0.1, 0.15) is 11.1 Å². The molecule has 108 valence electrons. The van der Waals surface area contributed by atoms with Gasteiger partial charge in [0.25, 0.3) is 0 Å². The lowest BCUT2D eigenvalue weighted by atomic mass is 10.1. The van der Waals surface area contributed by atoms with Crippen LogP contribution in [0.25, 0.3) is 6.08 Å². The Morgan fingerprint density at radius 1 is 1.24 bits per heavy atom. The molecule has 3 nitrogen and oxygen atoms in total. The summed E-state index contributed by atoms with van der Waals surface area (Å²) in [4.78, 5) is 12.5. The highest BCUT2D eigenvalue weighted by atomic mass is 19.1. The molecule has 21 heavy (non-hydrogen) atoms. The predicted molar refractivity (Wildman–Crippen MR) is 81.6 cm³/mol. The average Bonchev–Trinajstić information content (AvgIpc) is 2.46. The van der Waals surface area contributed by atoms with E-state index >= 15 is 0 Å². The molecule has 0 spiro atoms. The van der Waals surface area contributed by atoms with Crippen LogP contribution in [0.4, 0.5) is 10.1 Å². The topological polar surface area (TPSA) is 40.5 Å². The van der Waals surface area contributed by atoms with Crippen LogP contribution in [0.15, 0.2) is 54.6 Å². The number of carboxylic acid groups (broad SMARTS) is 1. The SMILES string of the molecule is CN(Cc1ccccc1C=CC(=O)O)c1cccc(F)c1. The van der Waals surface area contributed by atoms with E-state index in [4.69, 9.17) is 5.11 Å². The number of carboxylic acids is 1. The highest BCUT2D eigenvalue weighted by molar-refractivity contribution is 5.85. The number of hydrogen-bond donors (Lipinski definition) is 1. The van der Waals surface area contributed by atoms with Crippen molar-refractivity contribution in [2.24, 2.45) is 0 Å². The van der Waals surface area contributed by atoms with E-state index in [0.717, 1.165) is 22.9 Å². The van der Waals surface area contributed by atoms with Gasteiger partial charge in [-0.25, -0.2) is 9.18 Å². The number of halogens is 1. The minimum atomic E-state index is -0.983. The Hall–Kier alpha value is -2.62. The molecule has 4 heteroatoms. The van der Waals surface area contributed by atoms with Gasteiger partial charge in [-0.05, 0) is 35.4 Å². The molecule has 0 fully saturated rings. The summed E-state index contributed by atoms with van der Waals surface area (Å²) in [6.45, 7) is 0.559. The van der Waals surface area contributed by atoms with E-state index in [0.29, 0.717) is 6.54 Å². The first-order valence-corrected chi connectivity index (χ1v) is 6.52. The molecule has 0 atom stereocenters. The zero-order valence-electron chi connectivity index (χ0n) is 11.7. The number of hydrogen-bond acceptors (Lipinski definition) is 2. The minimum absolute atomic E-state index is 0.279. The number of rotatable bonds is 5. The second-order valence-electron chi connectivity index (χ2n) is 4.71. The van der Waals surface area contributed by atoms with Crippen LogP contribution in [-0.2, 0) is 11.3 Å². The maximum absolute atomic E-state index is 13.3. The maximum atomic E-state index is 13.3. The Kier molecular flexibility index (Phi) is 4.72. The molecule has 0 heterocycles. The van der Waals surface area contributed by atoms with Crippen molar-refractivity contribution < 1.29 is 14.3 Å². The molecule has 0 aliphatic rings. The first-order valence-electron chi connectivity index (χ1n) is 6.52. The van der Waals surface area contributed by atoms with Crippen molar-refractivity contribution in [2.45, 2.75) is 6.54 Å². The van der Waals surface area contributed by atoms with Crippen molar-refractivity contribution in [3.05, 3.63) is 71.6 Å². The fourth-order valence-corrected chi connectivity index (χ4v) is 2.06. The van der Waals surface area contributed by atoms with Crippen LogP contribution in [0.3, 0.4) is 0 Å². The van der Waals surface area contributed by atoms with Gasteiger partial charge in [-0.1, -0.05) is 30.3 Å². The molecule has 0 unspecified atom stereocenters.